The Balaban J connectivity index is 1.59. The van der Waals surface area contributed by atoms with Crippen LogP contribution < -0.4 is 9.47 Å². The molecular formula is C22H28O4. The van der Waals surface area contributed by atoms with Crippen LogP contribution in [0.4, 0.5) is 0 Å². The molecule has 4 heteroatoms. The largest absolute Gasteiger partial charge is 0.489 e. The third kappa shape index (κ3) is 3.17. The van der Waals surface area contributed by atoms with E-state index in [-0.39, 0.29) is 10.8 Å². The minimum absolute atomic E-state index is 0.140. The highest BCUT2D eigenvalue weighted by Crippen LogP contribution is 2.40. The molecule has 0 N–H and O–H groups in total. The molecule has 0 unspecified atom stereocenters. The fourth-order valence-corrected chi connectivity index (χ4v) is 3.50. The quantitative estimate of drug-likeness (QED) is 0.700. The first-order valence-corrected chi connectivity index (χ1v) is 9.62. The van der Waals surface area contributed by atoms with Crippen LogP contribution >= 0.6 is 0 Å². The van der Waals surface area contributed by atoms with Crippen molar-refractivity contribution in [1.82, 2.24) is 0 Å². The van der Waals surface area contributed by atoms with Gasteiger partial charge in [-0.1, -0.05) is 44.2 Å². The summed E-state index contributed by atoms with van der Waals surface area (Å²) in [6.45, 7) is 8.85. The van der Waals surface area contributed by atoms with E-state index in [2.05, 4.69) is 38.1 Å². The average molecular weight is 356 g/mol. The topological polar surface area (TPSA) is 36.9 Å². The molecule has 0 bridgehead atoms. The summed E-state index contributed by atoms with van der Waals surface area (Å²) in [5, 5.41) is 2.27. The minimum atomic E-state index is 0.140. The van der Waals surface area contributed by atoms with Gasteiger partial charge >= 0.3 is 0 Å². The molecule has 2 heterocycles. The molecule has 0 amide bonds. The van der Waals surface area contributed by atoms with Crippen LogP contribution in [0.15, 0.2) is 36.4 Å². The smallest absolute Gasteiger partial charge is 0.168 e. The van der Waals surface area contributed by atoms with E-state index in [1.165, 1.54) is 5.39 Å². The van der Waals surface area contributed by atoms with Crippen LogP contribution in [0.1, 0.15) is 26.7 Å². The molecule has 0 atom stereocenters. The number of fused-ring (bicyclic) bond motifs is 1. The Labute approximate surface area is 155 Å². The third-order valence-corrected chi connectivity index (χ3v) is 6.03. The van der Waals surface area contributed by atoms with E-state index in [0.717, 1.165) is 56.2 Å². The van der Waals surface area contributed by atoms with E-state index in [4.69, 9.17) is 18.9 Å². The highest BCUT2D eigenvalue weighted by molar-refractivity contribution is 5.90. The van der Waals surface area contributed by atoms with Gasteiger partial charge in [0.25, 0.3) is 0 Å². The Hall–Kier alpha value is -1.78. The molecule has 2 aromatic rings. The lowest BCUT2D eigenvalue weighted by atomic mass is 9.84. The predicted molar refractivity (Wildman–Crippen MR) is 102 cm³/mol. The van der Waals surface area contributed by atoms with E-state index in [1.807, 2.05) is 12.1 Å². The average Bonchev–Trinajstić information content (AvgIpc) is 2.61. The van der Waals surface area contributed by atoms with Crippen LogP contribution in [0.2, 0.25) is 0 Å². The number of benzene rings is 2. The summed E-state index contributed by atoms with van der Waals surface area (Å²) in [5.41, 5.74) is 0.288. The summed E-state index contributed by atoms with van der Waals surface area (Å²) in [7, 11) is 0. The first kappa shape index (κ1) is 17.6. The molecule has 2 aliphatic heterocycles. The SMILES string of the molecule is CCC1(COc2ccc3ccccc3c2OCC2(CC)COC2)COC1. The van der Waals surface area contributed by atoms with Gasteiger partial charge in [-0.05, 0) is 24.3 Å². The van der Waals surface area contributed by atoms with Crippen LogP contribution in [-0.2, 0) is 9.47 Å². The van der Waals surface area contributed by atoms with Gasteiger partial charge in [-0.2, -0.15) is 0 Å². The molecule has 2 saturated heterocycles. The standard InChI is InChI=1S/C22H28O4/c1-3-21(11-23-12-21)15-25-19-10-9-17-7-5-6-8-18(17)20(19)26-16-22(4-2)13-24-14-22/h5-10H,3-4,11-16H2,1-2H3. The summed E-state index contributed by atoms with van der Waals surface area (Å²) >= 11 is 0. The molecular weight excluding hydrogens is 328 g/mol. The second-order valence-corrected chi connectivity index (χ2v) is 7.88. The molecule has 2 fully saturated rings. The molecule has 4 nitrogen and oxygen atoms in total. The fourth-order valence-electron chi connectivity index (χ4n) is 3.50. The molecule has 0 aliphatic carbocycles. The van der Waals surface area contributed by atoms with Crippen molar-refractivity contribution in [3.8, 4) is 11.5 Å². The Morgan fingerprint density at radius 3 is 2.00 bits per heavy atom. The van der Waals surface area contributed by atoms with Gasteiger partial charge in [0.2, 0.25) is 0 Å². The second kappa shape index (κ2) is 7.09. The van der Waals surface area contributed by atoms with Crippen molar-refractivity contribution in [2.24, 2.45) is 10.8 Å². The van der Waals surface area contributed by atoms with E-state index in [1.54, 1.807) is 0 Å². The zero-order chi connectivity index (χ0) is 18.0. The number of rotatable bonds is 8. The third-order valence-electron chi connectivity index (χ3n) is 6.03. The lowest BCUT2D eigenvalue weighted by molar-refractivity contribution is -0.136. The van der Waals surface area contributed by atoms with E-state index in [0.29, 0.717) is 13.2 Å². The van der Waals surface area contributed by atoms with Crippen LogP contribution in [0, 0.1) is 10.8 Å². The molecule has 0 saturated carbocycles. The Bertz CT molecular complexity index is 751. The Morgan fingerprint density at radius 1 is 0.808 bits per heavy atom. The number of hydrogen-bond acceptors (Lipinski definition) is 4. The highest BCUT2D eigenvalue weighted by Gasteiger charge is 2.39. The van der Waals surface area contributed by atoms with Gasteiger partial charge in [0, 0.05) is 5.39 Å². The second-order valence-electron chi connectivity index (χ2n) is 7.88. The lowest BCUT2D eigenvalue weighted by Crippen LogP contribution is -2.47. The van der Waals surface area contributed by atoms with Gasteiger partial charge in [0.15, 0.2) is 11.5 Å². The van der Waals surface area contributed by atoms with Crippen molar-refractivity contribution < 1.29 is 18.9 Å². The minimum Gasteiger partial charge on any atom is -0.489 e. The van der Waals surface area contributed by atoms with E-state index in [9.17, 15) is 0 Å². The fraction of sp³-hybridized carbons (Fsp3) is 0.545. The summed E-state index contributed by atoms with van der Waals surface area (Å²) in [4.78, 5) is 0. The Kier molecular flexibility index (Phi) is 4.80. The predicted octanol–water partition coefficient (Wildman–Crippen LogP) is 4.45. The molecule has 2 aromatic carbocycles. The summed E-state index contributed by atoms with van der Waals surface area (Å²) < 4.78 is 23.5. The highest BCUT2D eigenvalue weighted by atomic mass is 16.5. The molecule has 26 heavy (non-hydrogen) atoms. The van der Waals surface area contributed by atoms with Crippen molar-refractivity contribution in [2.45, 2.75) is 26.7 Å². The van der Waals surface area contributed by atoms with Crippen molar-refractivity contribution in [2.75, 3.05) is 39.6 Å². The van der Waals surface area contributed by atoms with E-state index < -0.39 is 0 Å². The van der Waals surface area contributed by atoms with Crippen LogP contribution in [-0.4, -0.2) is 39.6 Å². The van der Waals surface area contributed by atoms with Crippen LogP contribution in [0.3, 0.4) is 0 Å². The summed E-state index contributed by atoms with van der Waals surface area (Å²) in [6.07, 6.45) is 2.12. The maximum Gasteiger partial charge on any atom is 0.168 e. The van der Waals surface area contributed by atoms with Crippen molar-refractivity contribution in [1.29, 1.82) is 0 Å². The van der Waals surface area contributed by atoms with Gasteiger partial charge in [-0.15, -0.1) is 0 Å². The van der Waals surface area contributed by atoms with Gasteiger partial charge in [0.05, 0.1) is 50.5 Å². The van der Waals surface area contributed by atoms with Crippen molar-refractivity contribution >= 4 is 10.8 Å². The molecule has 4 rings (SSSR count). The molecule has 140 valence electrons. The van der Waals surface area contributed by atoms with E-state index >= 15 is 0 Å². The molecule has 2 aliphatic rings. The van der Waals surface area contributed by atoms with Gasteiger partial charge < -0.3 is 18.9 Å². The van der Waals surface area contributed by atoms with Gasteiger partial charge in [-0.3, -0.25) is 0 Å². The number of ether oxygens (including phenoxy) is 4. The maximum absolute atomic E-state index is 6.36. The van der Waals surface area contributed by atoms with Gasteiger partial charge in [0.1, 0.15) is 0 Å². The molecule has 0 spiro atoms. The monoisotopic (exact) mass is 356 g/mol. The van der Waals surface area contributed by atoms with Crippen LogP contribution in [0.25, 0.3) is 10.8 Å². The zero-order valence-electron chi connectivity index (χ0n) is 15.8. The van der Waals surface area contributed by atoms with Crippen LogP contribution in [0.5, 0.6) is 11.5 Å². The van der Waals surface area contributed by atoms with Crippen molar-refractivity contribution in [3.05, 3.63) is 36.4 Å². The normalized spacial score (nSPS) is 20.2. The summed E-state index contributed by atoms with van der Waals surface area (Å²) in [5.74, 6) is 1.68. The van der Waals surface area contributed by atoms with Gasteiger partial charge in [-0.25, -0.2) is 0 Å². The number of hydrogen-bond donors (Lipinski definition) is 0. The first-order valence-electron chi connectivity index (χ1n) is 9.62. The Morgan fingerprint density at radius 2 is 1.42 bits per heavy atom. The maximum atomic E-state index is 6.36. The molecule has 0 aromatic heterocycles. The first-order chi connectivity index (χ1) is 12.7. The molecule has 0 radical (unpaired) electrons. The lowest BCUT2D eigenvalue weighted by Gasteiger charge is -2.41. The van der Waals surface area contributed by atoms with Crippen molar-refractivity contribution in [3.63, 3.8) is 0 Å². The summed E-state index contributed by atoms with van der Waals surface area (Å²) in [6, 6.07) is 12.5. The zero-order valence-corrected chi connectivity index (χ0v) is 15.8.